The van der Waals surface area contributed by atoms with Crippen LogP contribution in [0.25, 0.3) is 0 Å². The third-order valence-corrected chi connectivity index (χ3v) is 7.92. The fraction of sp³-hybridized carbons (Fsp3) is 0.409. The van der Waals surface area contributed by atoms with E-state index < -0.39 is 28.1 Å². The van der Waals surface area contributed by atoms with Gasteiger partial charge in [0.25, 0.3) is 0 Å². The van der Waals surface area contributed by atoms with Gasteiger partial charge in [-0.2, -0.15) is 0 Å². The van der Waals surface area contributed by atoms with Gasteiger partial charge in [0.2, 0.25) is 15.9 Å². The van der Waals surface area contributed by atoms with Gasteiger partial charge in [0.1, 0.15) is 17.9 Å². The number of nitrogens with one attached hydrogen (secondary N) is 1. The number of nitrogens with zero attached hydrogens (tertiary/aromatic N) is 1. The van der Waals surface area contributed by atoms with Crippen molar-refractivity contribution in [3.63, 3.8) is 0 Å². The lowest BCUT2D eigenvalue weighted by atomic mass is 9.83. The number of sulfonamides is 1. The highest BCUT2D eigenvalue weighted by molar-refractivity contribution is 7.92. The lowest BCUT2D eigenvalue weighted by Gasteiger charge is -2.41. The van der Waals surface area contributed by atoms with Crippen molar-refractivity contribution >= 4 is 56.4 Å². The third-order valence-electron chi connectivity index (χ3n) is 5.77. The third kappa shape index (κ3) is 5.28. The molecule has 10 heteroatoms. The number of ether oxygens (including phenoxy) is 1. The summed E-state index contributed by atoms with van der Waals surface area (Å²) in [5, 5.41) is 3.38. The first-order valence-electron chi connectivity index (χ1n) is 10.2. The summed E-state index contributed by atoms with van der Waals surface area (Å²) in [6.45, 7) is 3.64. The van der Waals surface area contributed by atoms with Crippen LogP contribution >= 0.6 is 34.8 Å². The normalized spacial score (nSPS) is 17.2. The zero-order valence-electron chi connectivity index (χ0n) is 18.0. The van der Waals surface area contributed by atoms with Gasteiger partial charge in [0, 0.05) is 12.0 Å². The minimum absolute atomic E-state index is 0.0741. The molecule has 0 aromatic heterocycles. The molecule has 1 aliphatic rings. The first-order valence-corrected chi connectivity index (χ1v) is 13.2. The van der Waals surface area contributed by atoms with Crippen LogP contribution in [0, 0.1) is 0 Å². The molecule has 32 heavy (non-hydrogen) atoms. The Morgan fingerprint density at radius 3 is 2.38 bits per heavy atom. The standard InChI is InChI=1S/C22H25Cl3N2O4S/c1-4-22(5-2)12-18(14-8-6-7-9-20(14)31-22)26-21(28)13-27(32(3,29)30)19-11-16(24)15(23)10-17(19)25/h6-11,18H,4-5,12-13H2,1-3H3,(H,26,28). The summed E-state index contributed by atoms with van der Waals surface area (Å²) in [5.74, 6) is 0.251. The molecule has 1 N–H and O–H groups in total. The molecule has 0 saturated carbocycles. The maximum absolute atomic E-state index is 13.0. The van der Waals surface area contributed by atoms with Crippen molar-refractivity contribution in [1.29, 1.82) is 0 Å². The van der Waals surface area contributed by atoms with Gasteiger partial charge in [-0.05, 0) is 31.0 Å². The number of fused-ring (bicyclic) bond motifs is 1. The van der Waals surface area contributed by atoms with Crippen molar-refractivity contribution in [2.75, 3.05) is 17.1 Å². The molecular weight excluding hydrogens is 495 g/mol. The fourth-order valence-electron chi connectivity index (χ4n) is 3.88. The number of carbonyl (C=O) groups is 1. The van der Waals surface area contributed by atoms with Gasteiger partial charge in [0.15, 0.2) is 0 Å². The number of hydrogen-bond acceptors (Lipinski definition) is 4. The minimum Gasteiger partial charge on any atom is -0.487 e. The van der Waals surface area contributed by atoms with E-state index in [2.05, 4.69) is 5.32 Å². The Morgan fingerprint density at radius 1 is 1.12 bits per heavy atom. The Bertz CT molecular complexity index is 1120. The highest BCUT2D eigenvalue weighted by atomic mass is 35.5. The van der Waals surface area contributed by atoms with Crippen LogP contribution < -0.4 is 14.4 Å². The first kappa shape index (κ1) is 25.0. The van der Waals surface area contributed by atoms with E-state index in [0.717, 1.165) is 34.7 Å². The number of carbonyl (C=O) groups excluding carboxylic acids is 1. The Labute approximate surface area is 203 Å². The SMILES string of the molecule is CCC1(CC)CC(NC(=O)CN(c2cc(Cl)c(Cl)cc2Cl)S(C)(=O)=O)c2ccccc2O1. The molecular formula is C22H25Cl3N2O4S. The van der Waals surface area contributed by atoms with Gasteiger partial charge < -0.3 is 10.1 Å². The van der Waals surface area contributed by atoms with Crippen LogP contribution in [0.4, 0.5) is 5.69 Å². The van der Waals surface area contributed by atoms with Crippen molar-refractivity contribution in [2.24, 2.45) is 0 Å². The molecule has 0 saturated heterocycles. The van der Waals surface area contributed by atoms with Crippen molar-refractivity contribution in [1.82, 2.24) is 5.32 Å². The van der Waals surface area contributed by atoms with E-state index in [0.29, 0.717) is 6.42 Å². The summed E-state index contributed by atoms with van der Waals surface area (Å²) in [7, 11) is -3.84. The minimum atomic E-state index is -3.84. The van der Waals surface area contributed by atoms with E-state index in [1.807, 2.05) is 38.1 Å². The van der Waals surface area contributed by atoms with Crippen LogP contribution in [0.15, 0.2) is 36.4 Å². The number of amides is 1. The van der Waals surface area contributed by atoms with Gasteiger partial charge in [-0.15, -0.1) is 0 Å². The summed E-state index contributed by atoms with van der Waals surface area (Å²) in [6.07, 6.45) is 3.13. The van der Waals surface area contributed by atoms with Crippen LogP contribution in [0.2, 0.25) is 15.1 Å². The van der Waals surface area contributed by atoms with Crippen LogP contribution in [-0.2, 0) is 14.8 Å². The Balaban J connectivity index is 1.89. The van der Waals surface area contributed by atoms with Gasteiger partial charge >= 0.3 is 0 Å². The molecule has 1 unspecified atom stereocenters. The average molecular weight is 520 g/mol. The molecule has 0 bridgehead atoms. The maximum atomic E-state index is 13.0. The van der Waals surface area contributed by atoms with Gasteiger partial charge in [-0.1, -0.05) is 66.8 Å². The molecule has 174 valence electrons. The number of anilines is 1. The lowest BCUT2D eigenvalue weighted by Crippen LogP contribution is -2.47. The number of hydrogen-bond donors (Lipinski definition) is 1. The molecule has 0 aliphatic carbocycles. The first-order chi connectivity index (χ1) is 15.0. The monoisotopic (exact) mass is 518 g/mol. The maximum Gasteiger partial charge on any atom is 0.241 e. The van der Waals surface area contributed by atoms with E-state index in [4.69, 9.17) is 39.5 Å². The van der Waals surface area contributed by atoms with Crippen LogP contribution in [0.5, 0.6) is 5.75 Å². The second kappa shape index (κ2) is 9.67. The van der Waals surface area contributed by atoms with E-state index in [-0.39, 0.29) is 26.8 Å². The van der Waals surface area contributed by atoms with E-state index in [9.17, 15) is 13.2 Å². The summed E-state index contributed by atoms with van der Waals surface area (Å²) >= 11 is 18.3. The summed E-state index contributed by atoms with van der Waals surface area (Å²) in [4.78, 5) is 13.0. The molecule has 1 heterocycles. The smallest absolute Gasteiger partial charge is 0.241 e. The second-order valence-electron chi connectivity index (χ2n) is 7.84. The zero-order valence-corrected chi connectivity index (χ0v) is 21.1. The molecule has 2 aromatic rings. The van der Waals surface area contributed by atoms with Gasteiger partial charge in [-0.3, -0.25) is 9.10 Å². The Morgan fingerprint density at radius 2 is 1.75 bits per heavy atom. The Kier molecular flexibility index (Phi) is 7.55. The molecule has 0 radical (unpaired) electrons. The number of rotatable bonds is 7. The van der Waals surface area contributed by atoms with Crippen LogP contribution in [0.3, 0.4) is 0 Å². The van der Waals surface area contributed by atoms with Crippen LogP contribution in [-0.4, -0.2) is 32.7 Å². The number of para-hydroxylation sites is 1. The molecule has 0 fully saturated rings. The topological polar surface area (TPSA) is 75.7 Å². The average Bonchev–Trinajstić information content (AvgIpc) is 2.74. The fourth-order valence-corrected chi connectivity index (χ4v) is 5.44. The van der Waals surface area contributed by atoms with Crippen molar-refractivity contribution < 1.29 is 17.9 Å². The van der Waals surface area contributed by atoms with Gasteiger partial charge in [0.05, 0.1) is 33.1 Å². The molecule has 0 spiro atoms. The molecule has 3 rings (SSSR count). The summed E-state index contributed by atoms with van der Waals surface area (Å²) in [5.41, 5.74) is 0.537. The molecule has 6 nitrogen and oxygen atoms in total. The quantitative estimate of drug-likeness (QED) is 0.482. The van der Waals surface area contributed by atoms with E-state index in [1.165, 1.54) is 12.1 Å². The molecule has 1 amide bonds. The van der Waals surface area contributed by atoms with Crippen molar-refractivity contribution in [2.45, 2.75) is 44.8 Å². The number of benzene rings is 2. The van der Waals surface area contributed by atoms with Crippen molar-refractivity contribution in [3.8, 4) is 5.75 Å². The zero-order chi connectivity index (χ0) is 23.7. The van der Waals surface area contributed by atoms with Gasteiger partial charge in [-0.25, -0.2) is 8.42 Å². The van der Waals surface area contributed by atoms with Crippen molar-refractivity contribution in [3.05, 3.63) is 57.0 Å². The predicted octanol–water partition coefficient (Wildman–Crippen LogP) is 5.61. The van der Waals surface area contributed by atoms with Crippen LogP contribution in [0.1, 0.15) is 44.7 Å². The molecule has 1 aliphatic heterocycles. The second-order valence-corrected chi connectivity index (χ2v) is 11.0. The molecule has 1 atom stereocenters. The summed E-state index contributed by atoms with van der Waals surface area (Å²) in [6, 6.07) is 9.91. The largest absolute Gasteiger partial charge is 0.487 e. The Hall–Kier alpha value is -1.67. The lowest BCUT2D eigenvalue weighted by molar-refractivity contribution is -0.121. The highest BCUT2D eigenvalue weighted by Crippen LogP contribution is 2.42. The number of halogens is 3. The molecule has 2 aromatic carbocycles. The van der Waals surface area contributed by atoms with E-state index >= 15 is 0 Å². The predicted molar refractivity (Wildman–Crippen MR) is 130 cm³/mol. The van der Waals surface area contributed by atoms with E-state index in [1.54, 1.807) is 0 Å². The summed E-state index contributed by atoms with van der Waals surface area (Å²) < 4.78 is 32.2. The highest BCUT2D eigenvalue weighted by Gasteiger charge is 2.39.